The number of nitrogens with one attached hydrogen (secondary N) is 1. The summed E-state index contributed by atoms with van der Waals surface area (Å²) >= 11 is 0. The van der Waals surface area contributed by atoms with Crippen LogP contribution in [0.1, 0.15) is 35.7 Å². The molecule has 1 amide bonds. The number of aromatic amines is 1. The topological polar surface area (TPSA) is 86.8 Å². The van der Waals surface area contributed by atoms with E-state index in [1.165, 1.54) is 12.1 Å². The molecule has 2 heterocycles. The van der Waals surface area contributed by atoms with E-state index < -0.39 is 0 Å². The number of H-pyrrole nitrogens is 1. The van der Waals surface area contributed by atoms with E-state index in [0.717, 1.165) is 5.52 Å². The number of piperidine rings is 1. The molecule has 3 aromatic rings. The zero-order valence-electron chi connectivity index (χ0n) is 17.4. The molecule has 0 atom stereocenters. The van der Waals surface area contributed by atoms with Gasteiger partial charge in [-0.05, 0) is 56.2 Å². The molecule has 1 saturated heterocycles. The molecule has 0 radical (unpaired) electrons. The Morgan fingerprint density at radius 1 is 1.16 bits per heavy atom. The highest BCUT2D eigenvalue weighted by Gasteiger charge is 2.29. The third kappa shape index (κ3) is 4.21. The van der Waals surface area contributed by atoms with Gasteiger partial charge in [0.2, 0.25) is 17.2 Å². The number of hydrogen-bond acceptors (Lipinski definition) is 4. The first-order valence-corrected chi connectivity index (χ1v) is 10.4. The minimum atomic E-state index is -0.375. The van der Waals surface area contributed by atoms with Crippen LogP contribution in [0.3, 0.4) is 0 Å². The summed E-state index contributed by atoms with van der Waals surface area (Å²) in [7, 11) is 0. The van der Waals surface area contributed by atoms with Gasteiger partial charge < -0.3 is 15.4 Å². The lowest BCUT2D eigenvalue weighted by Gasteiger charge is -2.33. The monoisotopic (exact) mass is 422 g/mol. The van der Waals surface area contributed by atoms with Gasteiger partial charge in [0.15, 0.2) is 6.20 Å². The highest BCUT2D eigenvalue weighted by Crippen LogP contribution is 2.33. The zero-order chi connectivity index (χ0) is 22.0. The number of pyridine rings is 1. The Labute approximate surface area is 179 Å². The Balaban J connectivity index is 1.77. The number of anilines is 1. The van der Waals surface area contributed by atoms with Gasteiger partial charge in [0.05, 0.1) is 17.7 Å². The molecule has 6 nitrogen and oxygen atoms in total. The molecule has 4 rings (SSSR count). The van der Waals surface area contributed by atoms with E-state index in [0.29, 0.717) is 60.5 Å². The van der Waals surface area contributed by atoms with Crippen LogP contribution < -0.4 is 20.4 Å². The number of amides is 1. The Kier molecular flexibility index (Phi) is 5.84. The quantitative estimate of drug-likeness (QED) is 0.619. The average Bonchev–Trinajstić information content (AvgIpc) is 2.78. The summed E-state index contributed by atoms with van der Waals surface area (Å²) in [5.74, 6) is -0.334. The van der Waals surface area contributed by atoms with Crippen LogP contribution in [0.4, 0.5) is 10.1 Å². The van der Waals surface area contributed by atoms with Gasteiger partial charge in [0, 0.05) is 30.6 Å². The fourth-order valence-electron chi connectivity index (χ4n) is 4.13. The van der Waals surface area contributed by atoms with Gasteiger partial charge in [-0.3, -0.25) is 9.59 Å². The molecule has 0 unspecified atom stereocenters. The number of ether oxygens (including phenoxy) is 1. The van der Waals surface area contributed by atoms with Gasteiger partial charge in [-0.25, -0.2) is 9.37 Å². The van der Waals surface area contributed by atoms with Crippen molar-refractivity contribution in [3.63, 3.8) is 0 Å². The van der Waals surface area contributed by atoms with E-state index in [1.807, 2.05) is 6.92 Å². The largest absolute Gasteiger partial charge is 0.494 e. The summed E-state index contributed by atoms with van der Waals surface area (Å²) < 4.78 is 19.6. The third-order valence-electron chi connectivity index (χ3n) is 5.75. The highest BCUT2D eigenvalue weighted by molar-refractivity contribution is 6.15. The van der Waals surface area contributed by atoms with Crippen LogP contribution in [-0.2, 0) is 4.79 Å². The van der Waals surface area contributed by atoms with Crippen molar-refractivity contribution in [3.8, 4) is 5.75 Å². The van der Waals surface area contributed by atoms with E-state index in [9.17, 15) is 14.0 Å². The van der Waals surface area contributed by atoms with Gasteiger partial charge in [-0.2, -0.15) is 0 Å². The molecule has 0 spiro atoms. The van der Waals surface area contributed by atoms with Gasteiger partial charge in [0.1, 0.15) is 17.1 Å². The number of halogens is 1. The van der Waals surface area contributed by atoms with E-state index >= 15 is 0 Å². The molecule has 3 N–H and O–H groups in total. The minimum absolute atomic E-state index is 0.169. The van der Waals surface area contributed by atoms with Gasteiger partial charge in [-0.15, -0.1) is 0 Å². The second-order valence-corrected chi connectivity index (χ2v) is 7.69. The number of primary amides is 1. The number of carbonyl (C=O) groups is 2. The van der Waals surface area contributed by atoms with Crippen LogP contribution in [0.15, 0.2) is 48.7 Å². The Bertz CT molecular complexity index is 1120. The number of rotatable bonds is 6. The van der Waals surface area contributed by atoms with Crippen molar-refractivity contribution in [1.82, 2.24) is 0 Å². The van der Waals surface area contributed by atoms with Crippen LogP contribution in [0, 0.1) is 11.7 Å². The van der Waals surface area contributed by atoms with Crippen LogP contribution in [0.2, 0.25) is 0 Å². The lowest BCUT2D eigenvalue weighted by atomic mass is 9.93. The molecule has 0 aliphatic carbocycles. The molecule has 1 aliphatic heterocycles. The normalized spacial score (nSPS) is 14.6. The first kappa shape index (κ1) is 20.8. The van der Waals surface area contributed by atoms with Crippen molar-refractivity contribution in [2.75, 3.05) is 24.6 Å². The Hall–Kier alpha value is -3.48. The maximum Gasteiger partial charge on any atom is 0.220 e. The first-order chi connectivity index (χ1) is 15.0. The van der Waals surface area contributed by atoms with Crippen LogP contribution in [0.5, 0.6) is 5.75 Å². The summed E-state index contributed by atoms with van der Waals surface area (Å²) in [6.45, 7) is 3.57. The van der Waals surface area contributed by atoms with Crippen molar-refractivity contribution in [2.45, 2.75) is 19.8 Å². The average molecular weight is 422 g/mol. The molecular weight excluding hydrogens is 397 g/mol. The first-order valence-electron chi connectivity index (χ1n) is 10.4. The lowest BCUT2D eigenvalue weighted by molar-refractivity contribution is -0.344. The van der Waals surface area contributed by atoms with E-state index in [1.54, 1.807) is 36.5 Å². The zero-order valence-corrected chi connectivity index (χ0v) is 17.4. The number of nitrogens with zero attached hydrogens (tertiary/aromatic N) is 1. The predicted molar refractivity (Wildman–Crippen MR) is 116 cm³/mol. The minimum Gasteiger partial charge on any atom is -0.494 e. The lowest BCUT2D eigenvalue weighted by Crippen LogP contribution is -2.39. The SMILES string of the molecule is CCOc1ccc(C(=O)c2c[nH+]c3ccc(F)cc3c2N2CCC(C(N)=O)CC2)cc1. The fraction of sp³-hybridized carbons (Fsp3) is 0.292. The number of aromatic nitrogens is 1. The molecule has 0 bridgehead atoms. The second kappa shape index (κ2) is 8.71. The standard InChI is InChI=1S/C24H24FN3O3/c1-2-31-18-6-3-15(4-7-18)23(29)20-14-27-21-8-5-17(25)13-19(21)22(20)28-11-9-16(10-12-28)24(26)30/h3-8,13-14,16H,2,9-12H2,1H3,(H2,26,30)/p+1. The number of hydrogen-bond donors (Lipinski definition) is 1. The summed E-state index contributed by atoms with van der Waals surface area (Å²) in [6.07, 6.45) is 2.87. The summed E-state index contributed by atoms with van der Waals surface area (Å²) in [4.78, 5) is 30.2. The molecule has 1 aromatic heterocycles. The van der Waals surface area contributed by atoms with E-state index in [4.69, 9.17) is 10.5 Å². The van der Waals surface area contributed by atoms with Crippen LogP contribution in [-0.4, -0.2) is 31.4 Å². The molecule has 0 saturated carbocycles. The van der Waals surface area contributed by atoms with Gasteiger partial charge in [0.25, 0.3) is 0 Å². The predicted octanol–water partition coefficient (Wildman–Crippen LogP) is 3.12. The van der Waals surface area contributed by atoms with Gasteiger partial charge >= 0.3 is 0 Å². The van der Waals surface area contributed by atoms with E-state index in [-0.39, 0.29) is 23.4 Å². The van der Waals surface area contributed by atoms with Crippen molar-refractivity contribution in [1.29, 1.82) is 0 Å². The number of nitrogens with two attached hydrogens (primary N) is 1. The molecule has 7 heteroatoms. The smallest absolute Gasteiger partial charge is 0.220 e. The molecule has 1 fully saturated rings. The number of benzene rings is 2. The molecule has 1 aliphatic rings. The molecule has 2 aromatic carbocycles. The van der Waals surface area contributed by atoms with Crippen molar-refractivity contribution in [2.24, 2.45) is 11.7 Å². The number of ketones is 1. The highest BCUT2D eigenvalue weighted by atomic mass is 19.1. The maximum absolute atomic E-state index is 14.1. The van der Waals surface area contributed by atoms with Crippen molar-refractivity contribution >= 4 is 28.3 Å². The summed E-state index contributed by atoms with van der Waals surface area (Å²) in [6, 6.07) is 11.5. The summed E-state index contributed by atoms with van der Waals surface area (Å²) in [5.41, 5.74) is 7.85. The Morgan fingerprint density at radius 2 is 1.87 bits per heavy atom. The van der Waals surface area contributed by atoms with Crippen molar-refractivity contribution < 1.29 is 23.7 Å². The number of carbonyl (C=O) groups excluding carboxylic acids is 2. The molecular formula is C24H25FN3O3+. The van der Waals surface area contributed by atoms with E-state index in [2.05, 4.69) is 9.88 Å². The Morgan fingerprint density at radius 3 is 2.52 bits per heavy atom. The maximum atomic E-state index is 14.1. The molecule has 31 heavy (non-hydrogen) atoms. The molecule has 160 valence electrons. The van der Waals surface area contributed by atoms with Crippen LogP contribution in [0.25, 0.3) is 10.9 Å². The third-order valence-corrected chi connectivity index (χ3v) is 5.75. The van der Waals surface area contributed by atoms with Crippen molar-refractivity contribution in [3.05, 3.63) is 65.6 Å². The second-order valence-electron chi connectivity index (χ2n) is 7.69. The fourth-order valence-corrected chi connectivity index (χ4v) is 4.13. The van der Waals surface area contributed by atoms with Gasteiger partial charge in [-0.1, -0.05) is 0 Å². The number of fused-ring (bicyclic) bond motifs is 1. The summed E-state index contributed by atoms with van der Waals surface area (Å²) in [5, 5.41) is 0.634. The van der Waals surface area contributed by atoms with Crippen LogP contribution >= 0.6 is 0 Å².